The van der Waals surface area contributed by atoms with Gasteiger partial charge in [-0.25, -0.2) is 0 Å². The fraction of sp³-hybridized carbons (Fsp3) is 0. The maximum Gasteiger partial charge on any atom is 0.0703 e. The van der Waals surface area contributed by atoms with Crippen molar-refractivity contribution in [1.82, 2.24) is 4.98 Å². The molecule has 2 aromatic rings. The summed E-state index contributed by atoms with van der Waals surface area (Å²) in [6.07, 6.45) is 1.67. The monoisotopic (exact) mass is 180 g/mol. The van der Waals surface area contributed by atoms with E-state index in [-0.39, 0.29) is 12.4 Å². The Hall–Kier alpha value is -1.28. The van der Waals surface area contributed by atoms with Crippen LogP contribution in [0.1, 0.15) is 0 Å². The fourth-order valence-corrected chi connectivity index (χ4v) is 1.09. The number of fused-ring (bicyclic) bond motifs is 1. The van der Waals surface area contributed by atoms with Crippen LogP contribution in [0.2, 0.25) is 0 Å². The molecule has 0 unspecified atom stereocenters. The van der Waals surface area contributed by atoms with Crippen LogP contribution in [-0.4, -0.2) is 4.98 Å². The maximum absolute atomic E-state index is 5.56. The molecule has 1 heterocycles. The molecule has 0 spiro atoms. The average molecular weight is 181 g/mol. The normalized spacial score (nSPS) is 9.33. The van der Waals surface area contributed by atoms with Crippen molar-refractivity contribution in [2.75, 3.05) is 5.73 Å². The first-order chi connectivity index (χ1) is 5.36. The number of halogens is 1. The van der Waals surface area contributed by atoms with Crippen molar-refractivity contribution in [2.45, 2.75) is 0 Å². The van der Waals surface area contributed by atoms with Gasteiger partial charge in [0.05, 0.1) is 17.4 Å². The highest BCUT2D eigenvalue weighted by atomic mass is 35.5. The van der Waals surface area contributed by atoms with Crippen LogP contribution in [0.4, 0.5) is 5.69 Å². The van der Waals surface area contributed by atoms with E-state index >= 15 is 0 Å². The van der Waals surface area contributed by atoms with Crippen molar-refractivity contribution in [1.29, 1.82) is 0 Å². The van der Waals surface area contributed by atoms with Crippen LogP contribution < -0.4 is 5.73 Å². The summed E-state index contributed by atoms with van der Waals surface area (Å²) in [6.45, 7) is 0. The average Bonchev–Trinajstić information content (AvgIpc) is 2.04. The Bertz CT molecular complexity index is 387. The second kappa shape index (κ2) is 3.41. The summed E-state index contributed by atoms with van der Waals surface area (Å²) in [5.74, 6) is 0. The van der Waals surface area contributed by atoms with E-state index in [4.69, 9.17) is 5.73 Å². The van der Waals surface area contributed by atoms with Crippen LogP contribution in [0, 0.1) is 0 Å². The lowest BCUT2D eigenvalue weighted by Crippen LogP contribution is -1.85. The van der Waals surface area contributed by atoms with Gasteiger partial charge in [0, 0.05) is 5.39 Å². The molecular formula is C9H9ClN2. The van der Waals surface area contributed by atoms with Gasteiger partial charge < -0.3 is 5.73 Å². The van der Waals surface area contributed by atoms with Crippen molar-refractivity contribution >= 4 is 29.0 Å². The number of hydrogen-bond acceptors (Lipinski definition) is 2. The lowest BCUT2D eigenvalue weighted by atomic mass is 10.2. The fourth-order valence-electron chi connectivity index (χ4n) is 1.09. The molecule has 3 heteroatoms. The van der Waals surface area contributed by atoms with E-state index in [2.05, 4.69) is 4.98 Å². The van der Waals surface area contributed by atoms with Gasteiger partial charge in [0.15, 0.2) is 0 Å². The quantitative estimate of drug-likeness (QED) is 0.676. The number of anilines is 1. The highest BCUT2D eigenvalue weighted by Crippen LogP contribution is 2.12. The molecule has 2 rings (SSSR count). The molecule has 2 nitrogen and oxygen atoms in total. The molecule has 2 N–H and O–H groups in total. The minimum absolute atomic E-state index is 0. The second-order valence-corrected chi connectivity index (χ2v) is 2.46. The molecule has 0 atom stereocenters. The van der Waals surface area contributed by atoms with Gasteiger partial charge in [-0.3, -0.25) is 4.98 Å². The van der Waals surface area contributed by atoms with Gasteiger partial charge in [0.25, 0.3) is 0 Å². The number of para-hydroxylation sites is 1. The number of rotatable bonds is 0. The van der Waals surface area contributed by atoms with E-state index in [1.165, 1.54) is 0 Å². The molecule has 1 aromatic heterocycles. The predicted octanol–water partition coefficient (Wildman–Crippen LogP) is 2.24. The first-order valence-electron chi connectivity index (χ1n) is 3.46. The van der Waals surface area contributed by atoms with Gasteiger partial charge in [0.2, 0.25) is 0 Å². The van der Waals surface area contributed by atoms with E-state index in [0.29, 0.717) is 5.69 Å². The van der Waals surface area contributed by atoms with E-state index in [0.717, 1.165) is 10.9 Å². The van der Waals surface area contributed by atoms with Crippen molar-refractivity contribution in [3.8, 4) is 0 Å². The van der Waals surface area contributed by atoms with Gasteiger partial charge in [-0.1, -0.05) is 18.2 Å². The molecule has 0 fully saturated rings. The molecule has 0 aliphatic heterocycles. The first-order valence-corrected chi connectivity index (χ1v) is 3.46. The third-order valence-electron chi connectivity index (χ3n) is 1.61. The Morgan fingerprint density at radius 2 is 1.92 bits per heavy atom. The molecule has 0 aliphatic rings. The summed E-state index contributed by atoms with van der Waals surface area (Å²) in [4.78, 5) is 4.16. The van der Waals surface area contributed by atoms with Crippen molar-refractivity contribution in [3.05, 3.63) is 36.5 Å². The molecule has 0 saturated carbocycles. The summed E-state index contributed by atoms with van der Waals surface area (Å²) in [7, 11) is 0. The lowest BCUT2D eigenvalue weighted by molar-refractivity contribution is 1.41. The highest BCUT2D eigenvalue weighted by molar-refractivity contribution is 5.85. The number of benzene rings is 1. The van der Waals surface area contributed by atoms with Gasteiger partial charge in [-0.2, -0.15) is 0 Å². The molecule has 0 saturated heterocycles. The van der Waals surface area contributed by atoms with Crippen molar-refractivity contribution in [3.63, 3.8) is 0 Å². The third-order valence-corrected chi connectivity index (χ3v) is 1.61. The van der Waals surface area contributed by atoms with Crippen LogP contribution in [0.3, 0.4) is 0 Å². The zero-order chi connectivity index (χ0) is 7.68. The summed E-state index contributed by atoms with van der Waals surface area (Å²) >= 11 is 0. The SMILES string of the molecule is Cl.Nc1cnc2ccccc2c1. The number of nitrogens with zero attached hydrogens (tertiary/aromatic N) is 1. The van der Waals surface area contributed by atoms with Gasteiger partial charge in [-0.05, 0) is 12.1 Å². The zero-order valence-electron chi connectivity index (χ0n) is 6.40. The van der Waals surface area contributed by atoms with Crippen molar-refractivity contribution < 1.29 is 0 Å². The van der Waals surface area contributed by atoms with Gasteiger partial charge >= 0.3 is 0 Å². The van der Waals surface area contributed by atoms with E-state index in [1.54, 1.807) is 6.20 Å². The number of hydrogen-bond donors (Lipinski definition) is 1. The van der Waals surface area contributed by atoms with Crippen LogP contribution in [0.5, 0.6) is 0 Å². The standard InChI is InChI=1S/C9H8N2.ClH/c10-8-5-7-3-1-2-4-9(7)11-6-8;/h1-6H,10H2;1H. The maximum atomic E-state index is 5.56. The Morgan fingerprint density at radius 3 is 2.75 bits per heavy atom. The largest absolute Gasteiger partial charge is 0.397 e. The minimum Gasteiger partial charge on any atom is -0.397 e. The predicted molar refractivity (Wildman–Crippen MR) is 53.4 cm³/mol. The summed E-state index contributed by atoms with van der Waals surface area (Å²) < 4.78 is 0. The molecular weight excluding hydrogens is 172 g/mol. The van der Waals surface area contributed by atoms with E-state index in [1.807, 2.05) is 30.3 Å². The summed E-state index contributed by atoms with van der Waals surface area (Å²) in [5, 5.41) is 1.09. The summed E-state index contributed by atoms with van der Waals surface area (Å²) in [6, 6.07) is 9.82. The van der Waals surface area contributed by atoms with Gasteiger partial charge in [-0.15, -0.1) is 12.4 Å². The smallest absolute Gasteiger partial charge is 0.0703 e. The minimum atomic E-state index is 0. The molecule has 0 bridgehead atoms. The lowest BCUT2D eigenvalue weighted by Gasteiger charge is -1.95. The number of nitrogens with two attached hydrogens (primary N) is 1. The Morgan fingerprint density at radius 1 is 1.17 bits per heavy atom. The molecule has 0 radical (unpaired) electrons. The van der Waals surface area contributed by atoms with Gasteiger partial charge in [0.1, 0.15) is 0 Å². The van der Waals surface area contributed by atoms with Crippen LogP contribution in [-0.2, 0) is 0 Å². The van der Waals surface area contributed by atoms with Crippen LogP contribution in [0.25, 0.3) is 10.9 Å². The van der Waals surface area contributed by atoms with E-state index in [9.17, 15) is 0 Å². The number of nitrogen functional groups attached to an aromatic ring is 1. The third kappa shape index (κ3) is 1.48. The number of pyridine rings is 1. The first kappa shape index (κ1) is 8.81. The topological polar surface area (TPSA) is 38.9 Å². The summed E-state index contributed by atoms with van der Waals surface area (Å²) in [5.41, 5.74) is 7.26. The Kier molecular flexibility index (Phi) is 2.51. The molecule has 0 amide bonds. The van der Waals surface area contributed by atoms with E-state index < -0.39 is 0 Å². The molecule has 62 valence electrons. The molecule has 1 aromatic carbocycles. The Labute approximate surface area is 76.8 Å². The highest BCUT2D eigenvalue weighted by Gasteiger charge is 1.91. The molecule has 12 heavy (non-hydrogen) atoms. The second-order valence-electron chi connectivity index (χ2n) is 2.46. The van der Waals surface area contributed by atoms with Crippen LogP contribution in [0.15, 0.2) is 36.5 Å². The number of aromatic nitrogens is 1. The molecule has 0 aliphatic carbocycles. The Balaban J connectivity index is 0.000000720. The zero-order valence-corrected chi connectivity index (χ0v) is 7.21. The van der Waals surface area contributed by atoms with Crippen LogP contribution >= 0.6 is 12.4 Å². The van der Waals surface area contributed by atoms with Crippen molar-refractivity contribution in [2.24, 2.45) is 0 Å².